The maximum absolute atomic E-state index is 10.0. The number of fused-ring (bicyclic) bond motifs is 1. The molecule has 0 spiro atoms. The summed E-state index contributed by atoms with van der Waals surface area (Å²) >= 11 is 0. The lowest BCUT2D eigenvalue weighted by Crippen LogP contribution is -2.26. The molecular weight excluding hydrogens is 230 g/mol. The van der Waals surface area contributed by atoms with E-state index >= 15 is 0 Å². The van der Waals surface area contributed by atoms with E-state index in [9.17, 15) is 5.11 Å². The number of hydrogen-bond acceptors (Lipinski definition) is 4. The fourth-order valence-corrected chi connectivity index (χ4v) is 2.08. The first kappa shape index (κ1) is 13.2. The van der Waals surface area contributed by atoms with Gasteiger partial charge in [-0.2, -0.15) is 0 Å². The lowest BCUT2D eigenvalue weighted by atomic mass is 9.98. The monoisotopic (exact) mass is 251 g/mol. The fourth-order valence-electron chi connectivity index (χ4n) is 2.08. The van der Waals surface area contributed by atoms with Crippen LogP contribution in [-0.2, 0) is 0 Å². The molecule has 1 aliphatic rings. The number of unbranched alkanes of at least 4 members (excludes halogenated alkanes) is 1. The number of aliphatic hydroxyl groups excluding tert-OH is 1. The second-order valence-corrected chi connectivity index (χ2v) is 4.64. The van der Waals surface area contributed by atoms with Crippen molar-refractivity contribution in [2.75, 3.05) is 13.2 Å². The molecule has 0 amide bonds. The fraction of sp³-hybridized carbons (Fsp3) is 0.571. The van der Waals surface area contributed by atoms with E-state index in [1.807, 2.05) is 18.2 Å². The molecule has 0 bridgehead atoms. The number of rotatable bonds is 5. The van der Waals surface area contributed by atoms with E-state index in [2.05, 4.69) is 6.92 Å². The van der Waals surface area contributed by atoms with Crippen LogP contribution in [0, 0.1) is 0 Å². The number of aliphatic hydroxyl groups is 1. The molecule has 2 atom stereocenters. The van der Waals surface area contributed by atoms with Gasteiger partial charge in [0.2, 0.25) is 0 Å². The lowest BCUT2D eigenvalue weighted by Gasteiger charge is -2.23. The molecule has 0 aliphatic carbocycles. The topological polar surface area (TPSA) is 64.7 Å². The van der Waals surface area contributed by atoms with Crippen LogP contribution in [0.25, 0.3) is 0 Å². The van der Waals surface area contributed by atoms with Crippen molar-refractivity contribution in [3.63, 3.8) is 0 Å². The minimum absolute atomic E-state index is 0.368. The molecule has 0 unspecified atom stereocenters. The van der Waals surface area contributed by atoms with Crippen LogP contribution in [0.1, 0.15) is 37.8 Å². The molecule has 1 aromatic rings. The molecule has 1 aliphatic heterocycles. The van der Waals surface area contributed by atoms with E-state index in [4.69, 9.17) is 15.2 Å². The number of ether oxygens (including phenoxy) is 2. The van der Waals surface area contributed by atoms with E-state index in [-0.39, 0.29) is 6.04 Å². The van der Waals surface area contributed by atoms with Crippen molar-refractivity contribution in [1.29, 1.82) is 0 Å². The van der Waals surface area contributed by atoms with E-state index in [0.29, 0.717) is 13.2 Å². The molecule has 0 saturated heterocycles. The van der Waals surface area contributed by atoms with Gasteiger partial charge in [-0.25, -0.2) is 0 Å². The van der Waals surface area contributed by atoms with Crippen LogP contribution in [0.15, 0.2) is 18.2 Å². The highest BCUT2D eigenvalue weighted by molar-refractivity contribution is 5.44. The van der Waals surface area contributed by atoms with E-state index < -0.39 is 6.10 Å². The summed E-state index contributed by atoms with van der Waals surface area (Å²) < 4.78 is 11.0. The molecule has 1 aromatic carbocycles. The Hall–Kier alpha value is -1.26. The van der Waals surface area contributed by atoms with E-state index in [0.717, 1.165) is 36.3 Å². The predicted octanol–water partition coefficient (Wildman–Crippen LogP) is 2.01. The maximum atomic E-state index is 10.0. The number of hydrogen-bond donors (Lipinski definition) is 2. The molecule has 2 rings (SSSR count). The molecular formula is C14H21NO3. The Morgan fingerprint density at radius 3 is 2.72 bits per heavy atom. The van der Waals surface area contributed by atoms with Crippen molar-refractivity contribution in [1.82, 2.24) is 0 Å². The van der Waals surface area contributed by atoms with Crippen molar-refractivity contribution in [3.8, 4) is 11.5 Å². The average molecular weight is 251 g/mol. The third-order valence-electron chi connectivity index (χ3n) is 3.22. The SMILES string of the molecule is CCCC[C@@H](O)[C@@H](N)c1ccc2c(c1)OCCO2. The van der Waals surface area contributed by atoms with E-state index in [1.54, 1.807) is 0 Å². The van der Waals surface area contributed by atoms with Crippen LogP contribution in [0.2, 0.25) is 0 Å². The van der Waals surface area contributed by atoms with Crippen molar-refractivity contribution in [3.05, 3.63) is 23.8 Å². The van der Waals surface area contributed by atoms with Gasteiger partial charge in [0.05, 0.1) is 12.1 Å². The van der Waals surface area contributed by atoms with Gasteiger partial charge in [-0.3, -0.25) is 0 Å². The normalized spacial score (nSPS) is 17.3. The maximum Gasteiger partial charge on any atom is 0.161 e. The molecule has 18 heavy (non-hydrogen) atoms. The second kappa shape index (κ2) is 6.07. The summed E-state index contributed by atoms with van der Waals surface area (Å²) in [6.45, 7) is 3.24. The summed E-state index contributed by atoms with van der Waals surface area (Å²) in [6.07, 6.45) is 2.27. The molecule has 0 fully saturated rings. The Labute approximate surface area is 108 Å². The molecule has 4 nitrogen and oxygen atoms in total. The van der Waals surface area contributed by atoms with Gasteiger partial charge >= 0.3 is 0 Å². The molecule has 0 saturated carbocycles. The first-order chi connectivity index (χ1) is 8.72. The summed E-state index contributed by atoms with van der Waals surface area (Å²) in [6, 6.07) is 5.25. The number of nitrogens with two attached hydrogens (primary N) is 1. The Kier molecular flexibility index (Phi) is 4.44. The van der Waals surface area contributed by atoms with Crippen LogP contribution >= 0.6 is 0 Å². The largest absolute Gasteiger partial charge is 0.486 e. The quantitative estimate of drug-likeness (QED) is 0.840. The Bertz CT molecular complexity index is 395. The van der Waals surface area contributed by atoms with Gasteiger partial charge < -0.3 is 20.3 Å². The van der Waals surface area contributed by atoms with Crippen molar-refractivity contribution >= 4 is 0 Å². The zero-order valence-electron chi connectivity index (χ0n) is 10.8. The summed E-state index contributed by atoms with van der Waals surface area (Å²) in [5, 5.41) is 10.0. The van der Waals surface area contributed by atoms with Gasteiger partial charge in [-0.1, -0.05) is 25.8 Å². The smallest absolute Gasteiger partial charge is 0.161 e. The summed E-state index contributed by atoms with van der Waals surface area (Å²) in [4.78, 5) is 0. The molecule has 100 valence electrons. The van der Waals surface area contributed by atoms with Gasteiger partial charge in [0, 0.05) is 0 Å². The van der Waals surface area contributed by atoms with Crippen molar-refractivity contribution < 1.29 is 14.6 Å². The molecule has 4 heteroatoms. The van der Waals surface area contributed by atoms with Gasteiger partial charge in [0.1, 0.15) is 13.2 Å². The van der Waals surface area contributed by atoms with Crippen LogP contribution in [0.3, 0.4) is 0 Å². The second-order valence-electron chi connectivity index (χ2n) is 4.64. The third kappa shape index (κ3) is 2.94. The van der Waals surface area contributed by atoms with Crippen molar-refractivity contribution in [2.45, 2.75) is 38.3 Å². The molecule has 1 heterocycles. The summed E-state index contributed by atoms with van der Waals surface area (Å²) in [7, 11) is 0. The van der Waals surface area contributed by atoms with Crippen LogP contribution in [0.5, 0.6) is 11.5 Å². The predicted molar refractivity (Wildman–Crippen MR) is 69.9 cm³/mol. The summed E-state index contributed by atoms with van der Waals surface area (Å²) in [5.41, 5.74) is 6.96. The Balaban J connectivity index is 2.08. The zero-order chi connectivity index (χ0) is 13.0. The zero-order valence-corrected chi connectivity index (χ0v) is 10.8. The van der Waals surface area contributed by atoms with Crippen LogP contribution in [0.4, 0.5) is 0 Å². The standard InChI is InChI=1S/C14H21NO3/c1-2-3-4-11(16)14(15)10-5-6-12-13(9-10)18-8-7-17-12/h5-6,9,11,14,16H,2-4,7-8,15H2,1H3/t11-,14+/m1/s1. The highest BCUT2D eigenvalue weighted by Crippen LogP contribution is 2.33. The highest BCUT2D eigenvalue weighted by Gasteiger charge is 2.19. The minimum Gasteiger partial charge on any atom is -0.486 e. The molecule has 0 aromatic heterocycles. The van der Waals surface area contributed by atoms with Gasteiger partial charge in [0.15, 0.2) is 11.5 Å². The van der Waals surface area contributed by atoms with Gasteiger partial charge in [0.25, 0.3) is 0 Å². The average Bonchev–Trinajstić information content (AvgIpc) is 2.43. The summed E-state index contributed by atoms with van der Waals surface area (Å²) in [5.74, 6) is 1.47. The van der Waals surface area contributed by atoms with Crippen LogP contribution < -0.4 is 15.2 Å². The lowest BCUT2D eigenvalue weighted by molar-refractivity contribution is 0.131. The first-order valence-electron chi connectivity index (χ1n) is 6.55. The molecule has 0 radical (unpaired) electrons. The van der Waals surface area contributed by atoms with Gasteiger partial charge in [-0.05, 0) is 24.1 Å². The van der Waals surface area contributed by atoms with E-state index in [1.165, 1.54) is 0 Å². The van der Waals surface area contributed by atoms with Crippen molar-refractivity contribution in [2.24, 2.45) is 5.73 Å². The first-order valence-corrected chi connectivity index (χ1v) is 6.55. The third-order valence-corrected chi connectivity index (χ3v) is 3.22. The highest BCUT2D eigenvalue weighted by atomic mass is 16.6. The molecule has 3 N–H and O–H groups in total. The number of benzene rings is 1. The van der Waals surface area contributed by atoms with Gasteiger partial charge in [-0.15, -0.1) is 0 Å². The Morgan fingerprint density at radius 1 is 1.28 bits per heavy atom. The minimum atomic E-state index is -0.507. The Morgan fingerprint density at radius 2 is 2.00 bits per heavy atom. The van der Waals surface area contributed by atoms with Crippen LogP contribution in [-0.4, -0.2) is 24.4 Å².